The number of fused-ring (bicyclic) bond motifs is 1. The van der Waals surface area contributed by atoms with E-state index >= 15 is 4.39 Å². The van der Waals surface area contributed by atoms with Gasteiger partial charge in [0.2, 0.25) is 0 Å². The van der Waals surface area contributed by atoms with Gasteiger partial charge < -0.3 is 14.7 Å². The van der Waals surface area contributed by atoms with Gasteiger partial charge in [0.25, 0.3) is 5.91 Å². The number of nitrogens with zero attached hydrogens (tertiary/aromatic N) is 4. The van der Waals surface area contributed by atoms with Gasteiger partial charge in [-0.1, -0.05) is 30.1 Å². The molecule has 1 unspecified atom stereocenters. The third-order valence-electron chi connectivity index (χ3n) is 6.09. The summed E-state index contributed by atoms with van der Waals surface area (Å²) in [5.41, 5.74) is 1.72. The fourth-order valence-corrected chi connectivity index (χ4v) is 4.87. The minimum Gasteiger partial charge on any atom is -0.490 e. The van der Waals surface area contributed by atoms with Gasteiger partial charge in [-0.2, -0.15) is 0 Å². The number of hydrogen-bond donors (Lipinski definition) is 1. The number of piperidine rings is 1. The molecule has 0 bridgehead atoms. The minimum absolute atomic E-state index is 0.148. The average Bonchev–Trinajstić information content (AvgIpc) is 3.13. The predicted octanol–water partition coefficient (Wildman–Crippen LogP) is 5.02. The summed E-state index contributed by atoms with van der Waals surface area (Å²) in [6.45, 7) is 8.01. The third kappa shape index (κ3) is 4.46. The quantitative estimate of drug-likeness (QED) is 0.523. The van der Waals surface area contributed by atoms with Gasteiger partial charge in [-0.3, -0.25) is 9.20 Å². The van der Waals surface area contributed by atoms with E-state index in [1.54, 1.807) is 12.4 Å². The summed E-state index contributed by atoms with van der Waals surface area (Å²) in [7, 11) is 0. The van der Waals surface area contributed by atoms with E-state index in [0.717, 1.165) is 0 Å². The second-order valence-electron chi connectivity index (χ2n) is 8.87. The van der Waals surface area contributed by atoms with Gasteiger partial charge in [-0.15, -0.1) is 0 Å². The highest BCUT2D eigenvalue weighted by molar-refractivity contribution is 6.32. The number of aliphatic hydroxyl groups excluding tert-OH is 1. The van der Waals surface area contributed by atoms with E-state index in [2.05, 4.69) is 4.98 Å². The molecular weight excluding hydrogens is 482 g/mol. The lowest BCUT2D eigenvalue weighted by atomic mass is 9.95. The van der Waals surface area contributed by atoms with Crippen molar-refractivity contribution in [3.05, 3.63) is 57.1 Å². The van der Waals surface area contributed by atoms with Crippen LogP contribution in [0.15, 0.2) is 18.5 Å². The van der Waals surface area contributed by atoms with Crippen molar-refractivity contribution in [3.63, 3.8) is 0 Å². The van der Waals surface area contributed by atoms with Gasteiger partial charge in [0.15, 0.2) is 11.0 Å². The Bertz CT molecular complexity index is 1240. The fraction of sp³-hybridized carbons (Fsp3) is 0.458. The fourth-order valence-electron chi connectivity index (χ4n) is 4.37. The summed E-state index contributed by atoms with van der Waals surface area (Å²) in [5.74, 6) is -0.961. The maximum Gasteiger partial charge on any atom is 0.260 e. The summed E-state index contributed by atoms with van der Waals surface area (Å²) in [6, 6.07) is 1.50. The molecule has 3 heterocycles. The number of ether oxygens (including phenoxy) is 1. The third-order valence-corrected chi connectivity index (χ3v) is 6.64. The SMILES string of the molecule is Cc1nc(C(C)c2cc(Cl)c(F)c(C(=O)N3CCC(O)CC3)c2OC(C)C)n2ccnc(Cl)c12. The van der Waals surface area contributed by atoms with Crippen molar-refractivity contribution in [1.29, 1.82) is 0 Å². The second kappa shape index (κ2) is 9.68. The Balaban J connectivity index is 1.88. The largest absolute Gasteiger partial charge is 0.490 e. The topological polar surface area (TPSA) is 80.0 Å². The highest BCUT2D eigenvalue weighted by Crippen LogP contribution is 2.40. The Morgan fingerprint density at radius 2 is 1.94 bits per heavy atom. The molecule has 3 aromatic rings. The van der Waals surface area contributed by atoms with E-state index in [-0.39, 0.29) is 22.4 Å². The molecule has 0 saturated carbocycles. The van der Waals surface area contributed by atoms with Crippen molar-refractivity contribution in [3.8, 4) is 5.75 Å². The van der Waals surface area contributed by atoms with Gasteiger partial charge in [-0.25, -0.2) is 14.4 Å². The van der Waals surface area contributed by atoms with E-state index in [1.807, 2.05) is 32.1 Å². The zero-order valence-corrected chi connectivity index (χ0v) is 21.0. The summed E-state index contributed by atoms with van der Waals surface area (Å²) >= 11 is 12.6. The van der Waals surface area contributed by atoms with Crippen LogP contribution in [0.1, 0.15) is 67.0 Å². The van der Waals surface area contributed by atoms with Crippen molar-refractivity contribution < 1.29 is 19.0 Å². The van der Waals surface area contributed by atoms with E-state index in [9.17, 15) is 9.90 Å². The van der Waals surface area contributed by atoms with E-state index < -0.39 is 23.7 Å². The Hall–Kier alpha value is -2.42. The number of amides is 1. The molecule has 1 aliphatic heterocycles. The van der Waals surface area contributed by atoms with E-state index in [0.29, 0.717) is 53.7 Å². The van der Waals surface area contributed by atoms with Crippen LogP contribution in [-0.2, 0) is 0 Å². The Labute approximate surface area is 207 Å². The molecule has 10 heteroatoms. The predicted molar refractivity (Wildman–Crippen MR) is 129 cm³/mol. The Kier molecular flexibility index (Phi) is 7.03. The van der Waals surface area contributed by atoms with Crippen LogP contribution in [0.4, 0.5) is 4.39 Å². The van der Waals surface area contributed by atoms with E-state index in [1.165, 1.54) is 11.0 Å². The number of benzene rings is 1. The standard InChI is InChI=1S/C24H27Cl2FN4O3/c1-12(2)34-21-16(13(3)23-29-14(4)20-22(26)28-7-10-31(20)23)11-17(25)19(27)18(21)24(33)30-8-5-15(32)6-9-30/h7,10-13,15,32H,5-6,8-9H2,1-4H3. The van der Waals surface area contributed by atoms with Crippen LogP contribution in [0.25, 0.3) is 5.52 Å². The van der Waals surface area contributed by atoms with Crippen molar-refractivity contribution in [2.75, 3.05) is 13.1 Å². The monoisotopic (exact) mass is 508 g/mol. The molecule has 1 aromatic carbocycles. The molecule has 1 fully saturated rings. The first-order chi connectivity index (χ1) is 16.1. The molecule has 4 rings (SSSR count). The van der Waals surface area contributed by atoms with Crippen LogP contribution in [-0.4, -0.2) is 55.6 Å². The molecule has 0 spiro atoms. The highest BCUT2D eigenvalue weighted by Gasteiger charge is 2.33. The summed E-state index contributed by atoms with van der Waals surface area (Å²) in [4.78, 5) is 23.8. The molecule has 182 valence electrons. The molecule has 1 amide bonds. The van der Waals surface area contributed by atoms with Crippen molar-refractivity contribution in [1.82, 2.24) is 19.3 Å². The normalized spacial score (nSPS) is 15.9. The first-order valence-electron chi connectivity index (χ1n) is 11.2. The lowest BCUT2D eigenvalue weighted by Crippen LogP contribution is -2.40. The highest BCUT2D eigenvalue weighted by atomic mass is 35.5. The number of likely N-dealkylation sites (tertiary alicyclic amines) is 1. The lowest BCUT2D eigenvalue weighted by molar-refractivity contribution is 0.0537. The Morgan fingerprint density at radius 3 is 2.59 bits per heavy atom. The van der Waals surface area contributed by atoms with Gasteiger partial charge >= 0.3 is 0 Å². The minimum atomic E-state index is -0.819. The molecule has 7 nitrogen and oxygen atoms in total. The van der Waals surface area contributed by atoms with Crippen LogP contribution in [0.5, 0.6) is 5.75 Å². The molecule has 0 radical (unpaired) electrons. The zero-order valence-electron chi connectivity index (χ0n) is 19.5. The zero-order chi connectivity index (χ0) is 24.7. The molecule has 0 aliphatic carbocycles. The number of hydrogen-bond acceptors (Lipinski definition) is 5. The number of aliphatic hydroxyl groups is 1. The van der Waals surface area contributed by atoms with Crippen molar-refractivity contribution in [2.24, 2.45) is 0 Å². The van der Waals surface area contributed by atoms with Gasteiger partial charge in [0.1, 0.15) is 22.7 Å². The van der Waals surface area contributed by atoms with Crippen molar-refractivity contribution in [2.45, 2.75) is 58.7 Å². The number of carbonyl (C=O) groups excluding carboxylic acids is 1. The first-order valence-corrected chi connectivity index (χ1v) is 12.0. The maximum absolute atomic E-state index is 15.4. The molecule has 1 saturated heterocycles. The van der Waals surface area contributed by atoms with Crippen LogP contribution in [0.2, 0.25) is 10.2 Å². The lowest BCUT2D eigenvalue weighted by Gasteiger charge is -2.31. The molecule has 1 atom stereocenters. The molecule has 1 aliphatic rings. The molecular formula is C24H27Cl2FN4O3. The number of carbonyl (C=O) groups is 1. The van der Waals surface area contributed by atoms with Crippen LogP contribution in [0, 0.1) is 12.7 Å². The molecule has 34 heavy (non-hydrogen) atoms. The Morgan fingerprint density at radius 1 is 1.26 bits per heavy atom. The second-order valence-corrected chi connectivity index (χ2v) is 9.63. The van der Waals surface area contributed by atoms with Gasteiger partial charge in [0.05, 0.1) is 22.9 Å². The first kappa shape index (κ1) is 24.7. The smallest absolute Gasteiger partial charge is 0.260 e. The number of imidazole rings is 1. The van der Waals surface area contributed by atoms with Crippen LogP contribution >= 0.6 is 23.2 Å². The summed E-state index contributed by atoms with van der Waals surface area (Å²) in [6.07, 6.45) is 3.42. The number of halogens is 3. The van der Waals surface area contributed by atoms with Gasteiger partial charge in [-0.05, 0) is 39.7 Å². The van der Waals surface area contributed by atoms with Crippen LogP contribution < -0.4 is 4.74 Å². The molecule has 1 N–H and O–H groups in total. The molecule has 2 aromatic heterocycles. The van der Waals surface area contributed by atoms with Crippen LogP contribution in [0.3, 0.4) is 0 Å². The summed E-state index contributed by atoms with van der Waals surface area (Å²) < 4.78 is 23.3. The number of aryl methyl sites for hydroxylation is 1. The number of rotatable bonds is 5. The number of aromatic nitrogens is 3. The average molecular weight is 509 g/mol. The van der Waals surface area contributed by atoms with Gasteiger partial charge in [0, 0.05) is 37.0 Å². The summed E-state index contributed by atoms with van der Waals surface area (Å²) in [5, 5.41) is 9.97. The maximum atomic E-state index is 15.4. The van der Waals surface area contributed by atoms with E-state index in [4.69, 9.17) is 32.9 Å². The van der Waals surface area contributed by atoms with Crippen molar-refractivity contribution >= 4 is 34.6 Å².